The Bertz CT molecular complexity index is 1720. The van der Waals surface area contributed by atoms with Crippen molar-refractivity contribution in [1.82, 2.24) is 0 Å². The number of fused-ring (bicyclic) bond motifs is 1. The van der Waals surface area contributed by atoms with Gasteiger partial charge in [0.15, 0.2) is 0 Å². The quantitative estimate of drug-likeness (QED) is 0.168. The molecule has 4 aromatic carbocycles. The first-order valence-corrected chi connectivity index (χ1v) is 14.1. The summed E-state index contributed by atoms with van der Waals surface area (Å²) < 4.78 is 31.6. The molecule has 5 rings (SSSR count). The molecule has 0 fully saturated rings. The highest BCUT2D eigenvalue weighted by molar-refractivity contribution is 6.30. The van der Waals surface area contributed by atoms with Gasteiger partial charge in [0.05, 0.1) is 24.9 Å². The van der Waals surface area contributed by atoms with E-state index in [-0.39, 0.29) is 18.9 Å². The highest BCUT2D eigenvalue weighted by atomic mass is 35.5. The Hall–Kier alpha value is -4.56. The van der Waals surface area contributed by atoms with Gasteiger partial charge >= 0.3 is 5.97 Å². The number of likely N-dealkylation sites (N-methyl/N-ethyl adjacent to an activating group) is 1. The van der Waals surface area contributed by atoms with Gasteiger partial charge in [-0.2, -0.15) is 0 Å². The van der Waals surface area contributed by atoms with Crippen molar-refractivity contribution >= 4 is 34.9 Å². The zero-order valence-electron chi connectivity index (χ0n) is 24.6. The summed E-state index contributed by atoms with van der Waals surface area (Å²) in [5.41, 5.74) is 4.24. The van der Waals surface area contributed by atoms with Crippen LogP contribution in [-0.2, 0) is 22.6 Å². The molecule has 1 aliphatic rings. The van der Waals surface area contributed by atoms with Crippen LogP contribution in [0.4, 0.5) is 15.8 Å². The van der Waals surface area contributed by atoms with Gasteiger partial charge in [0.2, 0.25) is 0 Å². The van der Waals surface area contributed by atoms with Gasteiger partial charge in [-0.3, -0.25) is 9.59 Å². The fourth-order valence-electron chi connectivity index (χ4n) is 5.25. The number of esters is 1. The Morgan fingerprint density at radius 1 is 1.00 bits per heavy atom. The molecule has 0 aliphatic carbocycles. The standard InChI is InChI=1S/C34H32ClFN2O5/c1-20-9-10-23(36)17-29(20)42-19-27-25(13-14-28-32(27)38(4)33(40)34(2,3)37-28)26-12-11-24(18-30(26)41-5)43-31(39)16-21-7-6-8-22(35)15-21/h6-15,17-18,37H,16,19H2,1-5H3. The number of hydrogen-bond donors (Lipinski definition) is 1. The first-order valence-electron chi connectivity index (χ1n) is 13.7. The second-order valence-electron chi connectivity index (χ2n) is 10.9. The highest BCUT2D eigenvalue weighted by Crippen LogP contribution is 2.45. The van der Waals surface area contributed by atoms with E-state index in [9.17, 15) is 14.0 Å². The number of carbonyl (C=O) groups is 2. The number of methoxy groups -OCH3 is 1. The van der Waals surface area contributed by atoms with E-state index in [0.717, 1.165) is 22.4 Å². The van der Waals surface area contributed by atoms with Crippen LogP contribution in [-0.4, -0.2) is 31.6 Å². The van der Waals surface area contributed by atoms with Gasteiger partial charge in [0.25, 0.3) is 5.91 Å². The lowest BCUT2D eigenvalue weighted by Crippen LogP contribution is -2.52. The van der Waals surface area contributed by atoms with Crippen LogP contribution in [0.15, 0.2) is 72.8 Å². The molecule has 1 N–H and O–H groups in total. The number of nitrogens with one attached hydrogen (secondary N) is 1. The SMILES string of the molecule is COc1cc(OC(=O)Cc2cccc(Cl)c2)ccc1-c1ccc2c(c1COc1cc(F)ccc1C)N(C)C(=O)C(C)(C)N2. The zero-order chi connectivity index (χ0) is 30.9. The molecule has 0 bridgehead atoms. The van der Waals surface area contributed by atoms with Crippen molar-refractivity contribution in [1.29, 1.82) is 0 Å². The number of benzene rings is 4. The van der Waals surface area contributed by atoms with Crippen LogP contribution in [0.1, 0.15) is 30.5 Å². The van der Waals surface area contributed by atoms with Crippen LogP contribution in [0.2, 0.25) is 5.02 Å². The molecule has 0 saturated heterocycles. The first kappa shape index (κ1) is 29.9. The largest absolute Gasteiger partial charge is 0.496 e. The number of nitrogens with zero attached hydrogens (tertiary/aromatic N) is 1. The Kier molecular flexibility index (Phi) is 8.33. The molecule has 7 nitrogen and oxygen atoms in total. The van der Waals surface area contributed by atoms with E-state index in [1.54, 1.807) is 60.5 Å². The molecule has 0 atom stereocenters. The highest BCUT2D eigenvalue weighted by Gasteiger charge is 2.38. The maximum Gasteiger partial charge on any atom is 0.315 e. The first-order chi connectivity index (χ1) is 20.5. The number of aryl methyl sites for hydroxylation is 1. The van der Waals surface area contributed by atoms with E-state index in [0.29, 0.717) is 39.1 Å². The fraction of sp³-hybridized carbons (Fsp3) is 0.235. The Morgan fingerprint density at radius 2 is 1.77 bits per heavy atom. The number of carbonyl (C=O) groups excluding carboxylic acids is 2. The number of ether oxygens (including phenoxy) is 3. The summed E-state index contributed by atoms with van der Waals surface area (Å²) in [4.78, 5) is 27.6. The summed E-state index contributed by atoms with van der Waals surface area (Å²) in [7, 11) is 3.25. The fourth-order valence-corrected chi connectivity index (χ4v) is 5.46. The van der Waals surface area contributed by atoms with Crippen LogP contribution in [0.25, 0.3) is 11.1 Å². The van der Waals surface area contributed by atoms with E-state index in [1.807, 2.05) is 32.9 Å². The van der Waals surface area contributed by atoms with Gasteiger partial charge in [-0.1, -0.05) is 35.9 Å². The Labute approximate surface area is 255 Å². The van der Waals surface area contributed by atoms with Crippen LogP contribution >= 0.6 is 11.6 Å². The average molecular weight is 603 g/mol. The molecule has 0 radical (unpaired) electrons. The van der Waals surface area contributed by atoms with Crippen LogP contribution in [0, 0.1) is 12.7 Å². The molecule has 0 spiro atoms. The van der Waals surface area contributed by atoms with Crippen molar-refractivity contribution in [2.75, 3.05) is 24.4 Å². The number of anilines is 2. The van der Waals surface area contributed by atoms with Crippen molar-refractivity contribution in [3.05, 3.63) is 100 Å². The van der Waals surface area contributed by atoms with Crippen LogP contribution < -0.4 is 24.4 Å². The van der Waals surface area contributed by atoms with E-state index >= 15 is 0 Å². The second-order valence-corrected chi connectivity index (χ2v) is 11.4. The third-order valence-corrected chi connectivity index (χ3v) is 7.59. The lowest BCUT2D eigenvalue weighted by Gasteiger charge is -2.39. The van der Waals surface area contributed by atoms with E-state index in [4.69, 9.17) is 25.8 Å². The smallest absolute Gasteiger partial charge is 0.315 e. The molecule has 0 saturated carbocycles. The normalized spacial score (nSPS) is 13.7. The molecule has 1 amide bonds. The van der Waals surface area contributed by atoms with Gasteiger partial charge in [0.1, 0.15) is 35.2 Å². The average Bonchev–Trinajstić information content (AvgIpc) is 2.96. The summed E-state index contributed by atoms with van der Waals surface area (Å²) in [6.07, 6.45) is 0.0557. The summed E-state index contributed by atoms with van der Waals surface area (Å²) in [6, 6.07) is 20.4. The van der Waals surface area contributed by atoms with Gasteiger partial charge in [-0.15, -0.1) is 0 Å². The Morgan fingerprint density at radius 3 is 2.51 bits per heavy atom. The van der Waals surface area contributed by atoms with E-state index < -0.39 is 17.3 Å². The maximum absolute atomic E-state index is 14.1. The number of amides is 1. The summed E-state index contributed by atoms with van der Waals surface area (Å²) in [6.45, 7) is 5.53. The minimum Gasteiger partial charge on any atom is -0.496 e. The molecule has 0 aromatic heterocycles. The van der Waals surface area contributed by atoms with Crippen LogP contribution in [0.3, 0.4) is 0 Å². The predicted molar refractivity (Wildman–Crippen MR) is 166 cm³/mol. The van der Waals surface area contributed by atoms with Crippen molar-refractivity contribution in [2.24, 2.45) is 0 Å². The van der Waals surface area contributed by atoms with Gasteiger partial charge in [-0.05, 0) is 73.9 Å². The summed E-state index contributed by atoms with van der Waals surface area (Å²) in [5, 5.41) is 3.87. The lowest BCUT2D eigenvalue weighted by molar-refractivity contribution is -0.133. The summed E-state index contributed by atoms with van der Waals surface area (Å²) in [5.74, 6) is 0.196. The monoisotopic (exact) mass is 602 g/mol. The topological polar surface area (TPSA) is 77.1 Å². The molecule has 9 heteroatoms. The molecule has 222 valence electrons. The Balaban J connectivity index is 1.53. The zero-order valence-corrected chi connectivity index (χ0v) is 25.3. The van der Waals surface area contributed by atoms with Crippen molar-refractivity contribution in [3.8, 4) is 28.4 Å². The van der Waals surface area contributed by atoms with E-state index in [2.05, 4.69) is 5.32 Å². The molecule has 4 aromatic rings. The molecule has 43 heavy (non-hydrogen) atoms. The third kappa shape index (κ3) is 6.29. The predicted octanol–water partition coefficient (Wildman–Crippen LogP) is 7.36. The number of hydrogen-bond acceptors (Lipinski definition) is 6. The summed E-state index contributed by atoms with van der Waals surface area (Å²) >= 11 is 6.04. The minimum absolute atomic E-state index is 0.0437. The van der Waals surface area contributed by atoms with Crippen LogP contribution in [0.5, 0.6) is 17.2 Å². The molecular formula is C34H32ClFN2O5. The third-order valence-electron chi connectivity index (χ3n) is 7.36. The van der Waals surface area contributed by atoms with Crippen molar-refractivity contribution in [2.45, 2.75) is 39.3 Å². The van der Waals surface area contributed by atoms with Crippen molar-refractivity contribution < 1.29 is 28.2 Å². The molecule has 0 unspecified atom stereocenters. The second kappa shape index (κ2) is 12.0. The van der Waals surface area contributed by atoms with Gasteiger partial charge in [0, 0.05) is 35.3 Å². The molecule has 1 aliphatic heterocycles. The van der Waals surface area contributed by atoms with Gasteiger partial charge in [-0.25, -0.2) is 4.39 Å². The van der Waals surface area contributed by atoms with E-state index in [1.165, 1.54) is 19.2 Å². The number of halogens is 2. The van der Waals surface area contributed by atoms with Crippen molar-refractivity contribution in [3.63, 3.8) is 0 Å². The molecular weight excluding hydrogens is 571 g/mol. The maximum atomic E-state index is 14.1. The number of rotatable bonds is 8. The lowest BCUT2D eigenvalue weighted by atomic mass is 9.91. The minimum atomic E-state index is -0.811. The molecule has 1 heterocycles. The van der Waals surface area contributed by atoms with Gasteiger partial charge < -0.3 is 24.4 Å².